The van der Waals surface area contributed by atoms with E-state index in [1.807, 2.05) is 50.5 Å². The van der Waals surface area contributed by atoms with Crippen LogP contribution in [0.25, 0.3) is 0 Å². The lowest BCUT2D eigenvalue weighted by Crippen LogP contribution is -2.56. The molecule has 1 aromatic heterocycles. The van der Waals surface area contributed by atoms with Crippen LogP contribution in [0.3, 0.4) is 0 Å². The number of hydrogen-bond acceptors (Lipinski definition) is 3. The molecular weight excluding hydrogens is 404 g/mol. The maximum absolute atomic E-state index is 13.2. The molecule has 3 amide bonds. The molecule has 7 nitrogen and oxygen atoms in total. The summed E-state index contributed by atoms with van der Waals surface area (Å²) in [6.07, 6.45) is 0.980. The highest BCUT2D eigenvalue weighted by Gasteiger charge is 2.37. The summed E-state index contributed by atoms with van der Waals surface area (Å²) in [5.74, 6) is 0.110. The molecule has 2 aliphatic heterocycles. The summed E-state index contributed by atoms with van der Waals surface area (Å²) in [6, 6.07) is 10.4. The Morgan fingerprint density at radius 3 is 2.44 bits per heavy atom. The predicted octanol–water partition coefficient (Wildman–Crippen LogP) is 3.26. The first-order valence-electron chi connectivity index (χ1n) is 11.4. The first kappa shape index (κ1) is 22.1. The van der Waals surface area contributed by atoms with Gasteiger partial charge in [-0.05, 0) is 61.4 Å². The van der Waals surface area contributed by atoms with Gasteiger partial charge in [0.1, 0.15) is 6.04 Å². The van der Waals surface area contributed by atoms with Gasteiger partial charge in [0.2, 0.25) is 5.91 Å². The minimum atomic E-state index is -0.639. The Hall–Kier alpha value is -3.09. The first-order valence-corrected chi connectivity index (χ1v) is 11.4. The number of aryl methyl sites for hydroxylation is 2. The molecule has 0 unspecified atom stereocenters. The van der Waals surface area contributed by atoms with Crippen molar-refractivity contribution in [3.63, 3.8) is 0 Å². The Labute approximate surface area is 188 Å². The number of pyridine rings is 1. The van der Waals surface area contributed by atoms with Crippen molar-refractivity contribution in [1.82, 2.24) is 14.8 Å². The van der Waals surface area contributed by atoms with Crippen molar-refractivity contribution in [2.75, 3.05) is 18.4 Å². The van der Waals surface area contributed by atoms with E-state index in [-0.39, 0.29) is 35.3 Å². The summed E-state index contributed by atoms with van der Waals surface area (Å²) in [6.45, 7) is 9.62. The third-order valence-electron chi connectivity index (χ3n) is 6.48. The van der Waals surface area contributed by atoms with Gasteiger partial charge in [-0.25, -0.2) is 4.79 Å². The number of aromatic nitrogens is 1. The second-order valence-electron chi connectivity index (χ2n) is 9.64. The van der Waals surface area contributed by atoms with Crippen molar-refractivity contribution >= 4 is 17.6 Å². The minimum Gasteiger partial charge on any atom is -0.326 e. The van der Waals surface area contributed by atoms with Crippen LogP contribution in [-0.4, -0.2) is 40.5 Å². The highest BCUT2D eigenvalue weighted by atomic mass is 16.2. The van der Waals surface area contributed by atoms with Crippen LogP contribution in [0.5, 0.6) is 0 Å². The quantitative estimate of drug-likeness (QED) is 0.772. The summed E-state index contributed by atoms with van der Waals surface area (Å²) in [4.78, 5) is 40.2. The molecule has 0 radical (unpaired) electrons. The molecule has 2 aliphatic rings. The smallest absolute Gasteiger partial charge is 0.318 e. The van der Waals surface area contributed by atoms with Gasteiger partial charge in [-0.2, -0.15) is 0 Å². The van der Waals surface area contributed by atoms with E-state index in [0.29, 0.717) is 19.6 Å². The molecule has 2 aromatic rings. The molecule has 2 N–H and O–H groups in total. The second kappa shape index (κ2) is 8.81. The number of carbonyl (C=O) groups excluding carboxylic acids is 2. The van der Waals surface area contributed by atoms with E-state index >= 15 is 0 Å². The Bertz CT molecular complexity index is 1070. The van der Waals surface area contributed by atoms with Crippen LogP contribution in [0, 0.1) is 25.7 Å². The van der Waals surface area contributed by atoms with Crippen LogP contribution >= 0.6 is 0 Å². The Kier molecular flexibility index (Phi) is 6.09. The summed E-state index contributed by atoms with van der Waals surface area (Å²) in [7, 11) is 0. The molecule has 1 saturated heterocycles. The van der Waals surface area contributed by atoms with E-state index < -0.39 is 6.04 Å². The van der Waals surface area contributed by atoms with Crippen LogP contribution in [0.15, 0.2) is 41.2 Å². The maximum atomic E-state index is 13.2. The van der Waals surface area contributed by atoms with E-state index in [9.17, 15) is 14.4 Å². The number of piperidine rings is 1. The van der Waals surface area contributed by atoms with Gasteiger partial charge >= 0.3 is 6.03 Å². The molecule has 32 heavy (non-hydrogen) atoms. The van der Waals surface area contributed by atoms with E-state index in [1.54, 1.807) is 17.0 Å². The van der Waals surface area contributed by atoms with Gasteiger partial charge < -0.3 is 20.1 Å². The monoisotopic (exact) mass is 436 g/mol. The van der Waals surface area contributed by atoms with E-state index in [0.717, 1.165) is 28.9 Å². The number of urea groups is 1. The first-order chi connectivity index (χ1) is 15.2. The normalized spacial score (nSPS) is 20.5. The SMILES string of the molecule is Cc1cc(C)cc(NC(=O)[C@@H](NC(=O)N2C[C@@H]3C[C@@H](C2)c2cccc(=O)n2C3)C(C)C)c1. The number of benzene rings is 1. The fourth-order valence-electron chi connectivity index (χ4n) is 5.09. The summed E-state index contributed by atoms with van der Waals surface area (Å²) < 4.78 is 1.85. The Morgan fingerprint density at radius 1 is 1.03 bits per heavy atom. The Balaban J connectivity index is 1.45. The number of hydrogen-bond donors (Lipinski definition) is 2. The zero-order chi connectivity index (χ0) is 23.0. The van der Waals surface area contributed by atoms with Crippen LogP contribution in [-0.2, 0) is 11.3 Å². The van der Waals surface area contributed by atoms with Crippen LogP contribution in [0.4, 0.5) is 10.5 Å². The molecule has 1 aromatic carbocycles. The lowest BCUT2D eigenvalue weighted by Gasteiger charge is -2.43. The predicted molar refractivity (Wildman–Crippen MR) is 125 cm³/mol. The van der Waals surface area contributed by atoms with E-state index in [1.165, 1.54) is 0 Å². The van der Waals surface area contributed by atoms with E-state index in [2.05, 4.69) is 16.7 Å². The highest BCUT2D eigenvalue weighted by Crippen LogP contribution is 2.35. The summed E-state index contributed by atoms with van der Waals surface area (Å²) >= 11 is 0. The molecule has 0 spiro atoms. The largest absolute Gasteiger partial charge is 0.326 e. The number of nitrogens with zero attached hydrogens (tertiary/aromatic N) is 2. The van der Waals surface area contributed by atoms with Crippen LogP contribution < -0.4 is 16.2 Å². The summed E-state index contributed by atoms with van der Waals surface area (Å²) in [5, 5.41) is 5.93. The molecule has 7 heteroatoms. The fourth-order valence-corrected chi connectivity index (χ4v) is 5.09. The average Bonchev–Trinajstić information content (AvgIpc) is 2.71. The van der Waals surface area contributed by atoms with E-state index in [4.69, 9.17) is 0 Å². The molecule has 0 saturated carbocycles. The number of rotatable bonds is 4. The van der Waals surface area contributed by atoms with Crippen molar-refractivity contribution in [1.29, 1.82) is 0 Å². The number of fused-ring (bicyclic) bond motifs is 4. The van der Waals surface area contributed by atoms with Gasteiger partial charge in [-0.15, -0.1) is 0 Å². The molecule has 0 aliphatic carbocycles. The summed E-state index contributed by atoms with van der Waals surface area (Å²) in [5.41, 5.74) is 3.91. The number of carbonyl (C=O) groups is 2. The molecule has 4 rings (SSSR count). The molecule has 1 fully saturated rings. The zero-order valence-electron chi connectivity index (χ0n) is 19.2. The van der Waals surface area contributed by atoms with Gasteiger partial charge in [0, 0.05) is 43.0 Å². The van der Waals surface area contributed by atoms with Gasteiger partial charge in [0.15, 0.2) is 0 Å². The molecule has 3 atom stereocenters. The third kappa shape index (κ3) is 4.56. The van der Waals surface area contributed by atoms with Crippen molar-refractivity contribution in [3.8, 4) is 0 Å². The van der Waals surface area contributed by atoms with Gasteiger partial charge in [0.25, 0.3) is 5.56 Å². The van der Waals surface area contributed by atoms with Gasteiger partial charge in [-0.3, -0.25) is 9.59 Å². The van der Waals surface area contributed by atoms with Crippen molar-refractivity contribution in [2.45, 2.75) is 52.6 Å². The number of likely N-dealkylation sites (tertiary alicyclic amines) is 1. The molecule has 170 valence electrons. The van der Waals surface area contributed by atoms with Crippen molar-refractivity contribution in [2.24, 2.45) is 11.8 Å². The number of anilines is 1. The lowest BCUT2D eigenvalue weighted by atomic mass is 9.83. The van der Waals surface area contributed by atoms with Gasteiger partial charge in [-0.1, -0.05) is 26.0 Å². The number of amides is 3. The van der Waals surface area contributed by atoms with Crippen LogP contribution in [0.2, 0.25) is 0 Å². The highest BCUT2D eigenvalue weighted by molar-refractivity contribution is 5.97. The topological polar surface area (TPSA) is 83.4 Å². The molecular formula is C25H32N4O3. The molecule has 2 bridgehead atoms. The van der Waals surface area contributed by atoms with Crippen molar-refractivity contribution < 1.29 is 9.59 Å². The standard InChI is InChI=1S/C25H32N4O3/c1-15(2)23(24(31)26-20-9-16(3)8-17(4)10-20)27-25(32)28-12-18-11-19(14-28)21-6-5-7-22(30)29(21)13-18/h5-10,15,18-19,23H,11-14H2,1-4H3,(H,26,31)(H,27,32)/t18-,19-,23-/m0/s1. The fraction of sp³-hybridized carbons (Fsp3) is 0.480. The molecule has 3 heterocycles. The number of nitrogens with one attached hydrogen (secondary N) is 2. The lowest BCUT2D eigenvalue weighted by molar-refractivity contribution is -0.118. The van der Waals surface area contributed by atoms with Crippen molar-refractivity contribution in [3.05, 3.63) is 63.6 Å². The zero-order valence-corrected chi connectivity index (χ0v) is 19.2. The maximum Gasteiger partial charge on any atom is 0.318 e. The second-order valence-corrected chi connectivity index (χ2v) is 9.64. The minimum absolute atomic E-state index is 0.0260. The Morgan fingerprint density at radius 2 is 1.75 bits per heavy atom. The van der Waals surface area contributed by atoms with Gasteiger partial charge in [0.05, 0.1) is 0 Å². The average molecular weight is 437 g/mol. The third-order valence-corrected chi connectivity index (χ3v) is 6.48. The van der Waals surface area contributed by atoms with Crippen LogP contribution in [0.1, 0.15) is 43.0 Å².